The third-order valence-electron chi connectivity index (χ3n) is 3.83. The molecule has 3 atom stereocenters. The Morgan fingerprint density at radius 2 is 1.52 bits per heavy atom. The molecule has 156 valence electrons. The number of carbonyl (C=O) groups excluding carboxylic acids is 3. The van der Waals surface area contributed by atoms with Crippen LogP contribution in [0, 0.1) is 5.92 Å². The van der Waals surface area contributed by atoms with E-state index in [9.17, 15) is 24.3 Å². The highest BCUT2D eigenvalue weighted by molar-refractivity contribution is 5.93. The van der Waals surface area contributed by atoms with Gasteiger partial charge in [0.2, 0.25) is 17.7 Å². The molecular weight excluding hydrogens is 358 g/mol. The molecule has 11 nitrogen and oxygen atoms in total. The number of rotatable bonds is 13. The number of hydrogen-bond acceptors (Lipinski definition) is 7. The van der Waals surface area contributed by atoms with Crippen LogP contribution in [0.2, 0.25) is 0 Å². The summed E-state index contributed by atoms with van der Waals surface area (Å²) in [7, 11) is 0. The van der Waals surface area contributed by atoms with Crippen LogP contribution in [0.3, 0.4) is 0 Å². The molecule has 0 bridgehead atoms. The fraction of sp³-hybridized carbons (Fsp3) is 0.750. The summed E-state index contributed by atoms with van der Waals surface area (Å²) in [6, 6.07) is -3.47. The lowest BCUT2D eigenvalue weighted by atomic mass is 10.0. The SMILES string of the molecule is CC(C)C(NC(=O)C(CO)NC(=O)C(CCCCN)NC(=O)CN)C(=O)O. The molecule has 0 aromatic rings. The van der Waals surface area contributed by atoms with E-state index in [4.69, 9.17) is 16.6 Å². The van der Waals surface area contributed by atoms with Crippen molar-refractivity contribution in [2.45, 2.75) is 51.2 Å². The Balaban J connectivity index is 5.02. The number of nitrogens with two attached hydrogens (primary N) is 2. The molecule has 0 aromatic heterocycles. The maximum Gasteiger partial charge on any atom is 0.326 e. The summed E-state index contributed by atoms with van der Waals surface area (Å²) in [5, 5.41) is 25.6. The second-order valence-corrected chi connectivity index (χ2v) is 6.42. The van der Waals surface area contributed by atoms with E-state index in [2.05, 4.69) is 16.0 Å². The quantitative estimate of drug-likeness (QED) is 0.165. The first kappa shape index (κ1) is 24.8. The number of aliphatic carboxylic acids is 1. The van der Waals surface area contributed by atoms with Gasteiger partial charge in [0.25, 0.3) is 0 Å². The Kier molecular flexibility index (Phi) is 11.9. The molecule has 0 rings (SSSR count). The molecule has 0 spiro atoms. The van der Waals surface area contributed by atoms with Gasteiger partial charge >= 0.3 is 5.97 Å². The lowest BCUT2D eigenvalue weighted by Crippen LogP contribution is -2.58. The number of hydrogen-bond donors (Lipinski definition) is 7. The zero-order valence-corrected chi connectivity index (χ0v) is 15.7. The fourth-order valence-electron chi connectivity index (χ4n) is 2.25. The van der Waals surface area contributed by atoms with Crippen LogP contribution >= 0.6 is 0 Å². The van der Waals surface area contributed by atoms with Gasteiger partial charge in [-0.1, -0.05) is 13.8 Å². The molecule has 0 heterocycles. The van der Waals surface area contributed by atoms with Crippen molar-refractivity contribution in [2.24, 2.45) is 17.4 Å². The molecule has 0 saturated heterocycles. The van der Waals surface area contributed by atoms with Gasteiger partial charge in [0.15, 0.2) is 0 Å². The smallest absolute Gasteiger partial charge is 0.326 e. The van der Waals surface area contributed by atoms with Crippen molar-refractivity contribution in [1.29, 1.82) is 0 Å². The summed E-state index contributed by atoms with van der Waals surface area (Å²) in [6.45, 7) is 2.61. The summed E-state index contributed by atoms with van der Waals surface area (Å²) in [6.07, 6.45) is 1.48. The lowest BCUT2D eigenvalue weighted by molar-refractivity contribution is -0.143. The van der Waals surface area contributed by atoms with Crippen LogP contribution in [-0.4, -0.2) is 71.7 Å². The van der Waals surface area contributed by atoms with E-state index in [0.29, 0.717) is 19.4 Å². The van der Waals surface area contributed by atoms with Gasteiger partial charge in [-0.05, 0) is 31.7 Å². The van der Waals surface area contributed by atoms with Crippen molar-refractivity contribution in [1.82, 2.24) is 16.0 Å². The highest BCUT2D eigenvalue weighted by Gasteiger charge is 2.30. The number of aliphatic hydroxyl groups excluding tert-OH is 1. The fourth-order valence-corrected chi connectivity index (χ4v) is 2.25. The summed E-state index contributed by atoms with van der Waals surface area (Å²) in [5.41, 5.74) is 10.7. The molecular formula is C16H31N5O6. The second kappa shape index (κ2) is 13.0. The van der Waals surface area contributed by atoms with Crippen molar-refractivity contribution < 1.29 is 29.4 Å². The molecule has 9 N–H and O–H groups in total. The molecule has 0 aliphatic carbocycles. The van der Waals surface area contributed by atoms with E-state index < -0.39 is 54.3 Å². The molecule has 0 fully saturated rings. The molecule has 0 aliphatic heterocycles. The first-order valence-corrected chi connectivity index (χ1v) is 8.81. The van der Waals surface area contributed by atoms with E-state index in [1.165, 1.54) is 0 Å². The van der Waals surface area contributed by atoms with Gasteiger partial charge in [0, 0.05) is 0 Å². The minimum absolute atomic E-state index is 0.276. The molecule has 3 unspecified atom stereocenters. The van der Waals surface area contributed by atoms with E-state index >= 15 is 0 Å². The highest BCUT2D eigenvalue weighted by atomic mass is 16.4. The largest absolute Gasteiger partial charge is 0.480 e. The molecule has 0 aliphatic rings. The molecule has 0 aromatic carbocycles. The maximum atomic E-state index is 12.4. The Bertz CT molecular complexity index is 514. The van der Waals surface area contributed by atoms with Crippen LogP contribution in [0.4, 0.5) is 0 Å². The van der Waals surface area contributed by atoms with Gasteiger partial charge in [0.1, 0.15) is 18.1 Å². The minimum atomic E-state index is -1.36. The van der Waals surface area contributed by atoms with Crippen molar-refractivity contribution in [2.75, 3.05) is 19.7 Å². The molecule has 27 heavy (non-hydrogen) atoms. The topological polar surface area (TPSA) is 197 Å². The van der Waals surface area contributed by atoms with Gasteiger partial charge < -0.3 is 37.6 Å². The zero-order valence-electron chi connectivity index (χ0n) is 15.7. The van der Waals surface area contributed by atoms with Gasteiger partial charge in [-0.3, -0.25) is 14.4 Å². The van der Waals surface area contributed by atoms with Crippen LogP contribution in [0.15, 0.2) is 0 Å². The first-order chi connectivity index (χ1) is 12.7. The summed E-state index contributed by atoms with van der Waals surface area (Å²) >= 11 is 0. The predicted molar refractivity (Wildman–Crippen MR) is 97.3 cm³/mol. The van der Waals surface area contributed by atoms with Crippen molar-refractivity contribution in [3.05, 3.63) is 0 Å². The monoisotopic (exact) mass is 389 g/mol. The Hall–Kier alpha value is -2.24. The standard InChI is InChI=1S/C16H31N5O6/c1-9(2)13(16(26)27)21-15(25)11(8-22)20-14(24)10(5-3-4-6-17)19-12(23)7-18/h9-11,13,22H,3-8,17-18H2,1-2H3,(H,19,23)(H,20,24)(H,21,25)(H,26,27). The number of aliphatic hydroxyl groups is 1. The third kappa shape index (κ3) is 9.31. The molecule has 0 radical (unpaired) electrons. The predicted octanol–water partition coefficient (Wildman–Crippen LogP) is -2.74. The summed E-state index contributed by atoms with van der Waals surface area (Å²) in [4.78, 5) is 47.3. The Morgan fingerprint density at radius 1 is 0.926 bits per heavy atom. The molecule has 0 saturated carbocycles. The van der Waals surface area contributed by atoms with Crippen molar-refractivity contribution in [3.63, 3.8) is 0 Å². The third-order valence-corrected chi connectivity index (χ3v) is 3.83. The van der Waals surface area contributed by atoms with Gasteiger partial charge in [0.05, 0.1) is 13.2 Å². The second-order valence-electron chi connectivity index (χ2n) is 6.42. The Morgan fingerprint density at radius 3 is 1.96 bits per heavy atom. The van der Waals surface area contributed by atoms with Crippen LogP contribution in [0.1, 0.15) is 33.1 Å². The van der Waals surface area contributed by atoms with Crippen LogP contribution in [0.25, 0.3) is 0 Å². The average molecular weight is 389 g/mol. The number of carboxylic acid groups (broad SMARTS) is 1. The molecule has 3 amide bonds. The van der Waals surface area contributed by atoms with E-state index in [1.807, 2.05) is 0 Å². The average Bonchev–Trinajstić information content (AvgIpc) is 2.62. The van der Waals surface area contributed by atoms with Crippen molar-refractivity contribution in [3.8, 4) is 0 Å². The van der Waals surface area contributed by atoms with Crippen molar-refractivity contribution >= 4 is 23.7 Å². The van der Waals surface area contributed by atoms with Crippen LogP contribution < -0.4 is 27.4 Å². The van der Waals surface area contributed by atoms with Crippen LogP contribution in [-0.2, 0) is 19.2 Å². The number of carbonyl (C=O) groups is 4. The zero-order chi connectivity index (χ0) is 21.0. The van der Waals surface area contributed by atoms with E-state index in [-0.39, 0.29) is 13.0 Å². The van der Waals surface area contributed by atoms with Gasteiger partial charge in [-0.2, -0.15) is 0 Å². The number of nitrogens with one attached hydrogen (secondary N) is 3. The number of carboxylic acids is 1. The van der Waals surface area contributed by atoms with E-state index in [1.54, 1.807) is 13.8 Å². The Labute approximate surface area is 158 Å². The van der Waals surface area contributed by atoms with Gasteiger partial charge in [-0.25, -0.2) is 4.79 Å². The first-order valence-electron chi connectivity index (χ1n) is 8.81. The normalized spacial score (nSPS) is 14.1. The number of amides is 3. The van der Waals surface area contributed by atoms with Gasteiger partial charge in [-0.15, -0.1) is 0 Å². The van der Waals surface area contributed by atoms with Crippen LogP contribution in [0.5, 0.6) is 0 Å². The lowest BCUT2D eigenvalue weighted by Gasteiger charge is -2.24. The highest BCUT2D eigenvalue weighted by Crippen LogP contribution is 2.04. The summed E-state index contributed by atoms with van der Waals surface area (Å²) < 4.78 is 0. The molecule has 11 heteroatoms. The van der Waals surface area contributed by atoms with E-state index in [0.717, 1.165) is 0 Å². The number of unbranched alkanes of at least 4 members (excludes halogenated alkanes) is 1. The minimum Gasteiger partial charge on any atom is -0.480 e. The summed E-state index contributed by atoms with van der Waals surface area (Å²) in [5.74, 6) is -3.68. The maximum absolute atomic E-state index is 12.4.